The Morgan fingerprint density at radius 3 is 2.65 bits per heavy atom. The molecule has 0 aliphatic carbocycles. The van der Waals surface area contributed by atoms with E-state index in [1.54, 1.807) is 54.5 Å². The van der Waals surface area contributed by atoms with Gasteiger partial charge in [0.1, 0.15) is 6.04 Å². The highest BCUT2D eigenvalue weighted by Gasteiger charge is 2.18. The predicted molar refractivity (Wildman–Crippen MR) is 89.2 cm³/mol. The molecule has 0 saturated heterocycles. The molecule has 0 saturated carbocycles. The maximum Gasteiger partial charge on any atom is 0.253 e. The molecule has 0 aliphatic rings. The predicted octanol–water partition coefficient (Wildman–Crippen LogP) is 2.61. The smallest absolute Gasteiger partial charge is 0.253 e. The van der Waals surface area contributed by atoms with Crippen LogP contribution in [-0.4, -0.2) is 27.4 Å². The molecule has 0 fully saturated rings. The maximum absolute atomic E-state index is 12.4. The van der Waals surface area contributed by atoms with Crippen LogP contribution in [-0.2, 0) is 4.79 Å². The normalized spacial score (nSPS) is 13.2. The first-order chi connectivity index (χ1) is 11.0. The molecule has 2 atom stereocenters. The van der Waals surface area contributed by atoms with Crippen molar-refractivity contribution < 1.29 is 9.59 Å². The highest BCUT2D eigenvalue weighted by molar-refractivity contribution is 6.04. The van der Waals surface area contributed by atoms with Gasteiger partial charge >= 0.3 is 0 Å². The summed E-state index contributed by atoms with van der Waals surface area (Å²) in [7, 11) is 0. The SMILES string of the molecule is CC[C@H](C)NC(=O)c1ccccc1NC(=O)[C@H](C)n1ccnc1. The quantitative estimate of drug-likeness (QED) is 0.860. The van der Waals surface area contributed by atoms with Crippen LogP contribution >= 0.6 is 0 Å². The summed E-state index contributed by atoms with van der Waals surface area (Å²) in [5.74, 6) is -0.391. The van der Waals surface area contributed by atoms with Gasteiger partial charge in [0.05, 0.1) is 17.6 Å². The van der Waals surface area contributed by atoms with Crippen LogP contribution in [0.5, 0.6) is 0 Å². The lowest BCUT2D eigenvalue weighted by Gasteiger charge is -2.17. The number of hydrogen-bond donors (Lipinski definition) is 2. The summed E-state index contributed by atoms with van der Waals surface area (Å²) >= 11 is 0. The minimum Gasteiger partial charge on any atom is -0.350 e. The van der Waals surface area contributed by atoms with Crippen molar-refractivity contribution in [2.45, 2.75) is 39.3 Å². The molecule has 0 spiro atoms. The van der Waals surface area contributed by atoms with Gasteiger partial charge in [-0.3, -0.25) is 9.59 Å². The van der Waals surface area contributed by atoms with Crippen molar-refractivity contribution >= 4 is 17.5 Å². The zero-order valence-electron chi connectivity index (χ0n) is 13.6. The molecule has 23 heavy (non-hydrogen) atoms. The third-order valence-corrected chi connectivity index (χ3v) is 3.77. The Morgan fingerprint density at radius 1 is 1.26 bits per heavy atom. The van der Waals surface area contributed by atoms with Gasteiger partial charge in [-0.2, -0.15) is 0 Å². The molecule has 1 heterocycles. The van der Waals surface area contributed by atoms with Gasteiger partial charge in [0.15, 0.2) is 0 Å². The van der Waals surface area contributed by atoms with Gasteiger partial charge in [-0.1, -0.05) is 19.1 Å². The molecule has 2 aromatic rings. The summed E-state index contributed by atoms with van der Waals surface area (Å²) in [6.07, 6.45) is 5.78. The number of nitrogens with one attached hydrogen (secondary N) is 2. The number of amides is 2. The van der Waals surface area contributed by atoms with Gasteiger partial charge in [-0.05, 0) is 32.4 Å². The van der Waals surface area contributed by atoms with Crippen LogP contribution in [0.4, 0.5) is 5.69 Å². The average molecular weight is 314 g/mol. The highest BCUT2D eigenvalue weighted by Crippen LogP contribution is 2.17. The highest BCUT2D eigenvalue weighted by atomic mass is 16.2. The first-order valence-corrected chi connectivity index (χ1v) is 7.71. The molecular formula is C17H22N4O2. The fourth-order valence-electron chi connectivity index (χ4n) is 2.06. The summed E-state index contributed by atoms with van der Waals surface area (Å²) < 4.78 is 1.71. The van der Waals surface area contributed by atoms with Crippen molar-refractivity contribution in [3.63, 3.8) is 0 Å². The van der Waals surface area contributed by atoms with Crippen LogP contribution < -0.4 is 10.6 Å². The molecule has 0 aliphatic heterocycles. The number of nitrogens with zero attached hydrogens (tertiary/aromatic N) is 2. The monoisotopic (exact) mass is 314 g/mol. The number of imidazole rings is 1. The summed E-state index contributed by atoms with van der Waals surface area (Å²) in [5, 5.41) is 5.73. The molecular weight excluding hydrogens is 292 g/mol. The number of hydrogen-bond acceptors (Lipinski definition) is 3. The molecule has 1 aromatic heterocycles. The number of benzene rings is 1. The summed E-state index contributed by atoms with van der Waals surface area (Å²) in [5.41, 5.74) is 0.962. The maximum atomic E-state index is 12.4. The van der Waals surface area contributed by atoms with Crippen molar-refractivity contribution in [3.8, 4) is 0 Å². The molecule has 1 aromatic carbocycles. The molecule has 0 bridgehead atoms. The molecule has 122 valence electrons. The Kier molecular flexibility index (Phi) is 5.51. The van der Waals surface area contributed by atoms with Crippen LogP contribution in [0.1, 0.15) is 43.6 Å². The van der Waals surface area contributed by atoms with Crippen molar-refractivity contribution in [3.05, 3.63) is 48.5 Å². The van der Waals surface area contributed by atoms with Crippen molar-refractivity contribution in [2.75, 3.05) is 5.32 Å². The lowest BCUT2D eigenvalue weighted by Crippen LogP contribution is -2.33. The van der Waals surface area contributed by atoms with E-state index < -0.39 is 6.04 Å². The topological polar surface area (TPSA) is 76.0 Å². The molecule has 2 N–H and O–H groups in total. The van der Waals surface area contributed by atoms with Crippen molar-refractivity contribution in [2.24, 2.45) is 0 Å². The fraction of sp³-hybridized carbons (Fsp3) is 0.353. The van der Waals surface area contributed by atoms with Crippen LogP contribution in [0.25, 0.3) is 0 Å². The zero-order valence-corrected chi connectivity index (χ0v) is 13.6. The van der Waals surface area contributed by atoms with Crippen LogP contribution in [0.15, 0.2) is 43.0 Å². The zero-order chi connectivity index (χ0) is 16.8. The van der Waals surface area contributed by atoms with Crippen molar-refractivity contribution in [1.29, 1.82) is 0 Å². The Hall–Kier alpha value is -2.63. The minimum atomic E-state index is -0.414. The molecule has 6 heteroatoms. The van der Waals surface area contributed by atoms with E-state index in [2.05, 4.69) is 15.6 Å². The van der Waals surface area contributed by atoms with E-state index in [0.717, 1.165) is 6.42 Å². The van der Waals surface area contributed by atoms with E-state index in [4.69, 9.17) is 0 Å². The van der Waals surface area contributed by atoms with E-state index in [9.17, 15) is 9.59 Å². The summed E-state index contributed by atoms with van der Waals surface area (Å²) in [6.45, 7) is 5.73. The molecule has 0 radical (unpaired) electrons. The largest absolute Gasteiger partial charge is 0.350 e. The van der Waals surface area contributed by atoms with Gasteiger partial charge in [-0.15, -0.1) is 0 Å². The Morgan fingerprint density at radius 2 is 2.00 bits per heavy atom. The average Bonchev–Trinajstić information content (AvgIpc) is 3.08. The van der Waals surface area contributed by atoms with Gasteiger partial charge < -0.3 is 15.2 Å². The first kappa shape index (κ1) is 16.7. The second-order valence-corrected chi connectivity index (χ2v) is 5.50. The Balaban J connectivity index is 2.14. The summed E-state index contributed by atoms with van der Waals surface area (Å²) in [4.78, 5) is 28.6. The van der Waals surface area contributed by atoms with Crippen molar-refractivity contribution in [1.82, 2.24) is 14.9 Å². The van der Waals surface area contributed by atoms with Crippen LogP contribution in [0, 0.1) is 0 Å². The third kappa shape index (κ3) is 4.18. The second-order valence-electron chi connectivity index (χ2n) is 5.50. The Labute approximate surface area is 135 Å². The second kappa shape index (κ2) is 7.58. The number of para-hydroxylation sites is 1. The lowest BCUT2D eigenvalue weighted by molar-refractivity contribution is -0.118. The van der Waals surface area contributed by atoms with Gasteiger partial charge in [0.2, 0.25) is 5.91 Å². The van der Waals surface area contributed by atoms with Crippen LogP contribution in [0.2, 0.25) is 0 Å². The van der Waals surface area contributed by atoms with E-state index in [-0.39, 0.29) is 17.9 Å². The van der Waals surface area contributed by atoms with E-state index in [1.807, 2.05) is 13.8 Å². The third-order valence-electron chi connectivity index (χ3n) is 3.77. The standard InChI is InChI=1S/C17H22N4O2/c1-4-12(2)19-17(23)14-7-5-6-8-15(14)20-16(22)13(3)21-10-9-18-11-21/h5-13H,4H2,1-3H3,(H,19,23)(H,20,22)/t12-,13-/m0/s1. The molecule has 6 nitrogen and oxygen atoms in total. The number of rotatable bonds is 6. The van der Waals surface area contributed by atoms with E-state index in [0.29, 0.717) is 11.3 Å². The van der Waals surface area contributed by atoms with Gasteiger partial charge in [0, 0.05) is 18.4 Å². The van der Waals surface area contributed by atoms with Gasteiger partial charge in [-0.25, -0.2) is 4.98 Å². The van der Waals surface area contributed by atoms with E-state index >= 15 is 0 Å². The Bertz CT molecular complexity index is 667. The molecule has 0 unspecified atom stereocenters. The number of carbonyl (C=O) groups is 2. The molecule has 2 rings (SSSR count). The number of carbonyl (C=O) groups excluding carboxylic acids is 2. The van der Waals surface area contributed by atoms with E-state index in [1.165, 1.54) is 0 Å². The minimum absolute atomic E-state index is 0.0797. The molecule has 2 amide bonds. The lowest BCUT2D eigenvalue weighted by atomic mass is 10.1. The first-order valence-electron chi connectivity index (χ1n) is 7.71. The fourth-order valence-corrected chi connectivity index (χ4v) is 2.06. The number of anilines is 1. The van der Waals surface area contributed by atoms with Gasteiger partial charge in [0.25, 0.3) is 5.91 Å². The summed E-state index contributed by atoms with van der Waals surface area (Å²) in [6, 6.07) is 6.66. The van der Waals surface area contributed by atoms with Crippen LogP contribution in [0.3, 0.4) is 0 Å². The number of aromatic nitrogens is 2.